The molecule has 0 unspecified atom stereocenters. The van der Waals surface area contributed by atoms with Crippen LogP contribution in [0.25, 0.3) is 22.3 Å². The first kappa shape index (κ1) is 27.5. The smallest absolute Gasteiger partial charge is 0.311 e. The van der Waals surface area contributed by atoms with Crippen molar-refractivity contribution in [1.29, 1.82) is 0 Å². The van der Waals surface area contributed by atoms with Crippen LogP contribution in [0.3, 0.4) is 0 Å². The molecule has 1 heterocycles. The van der Waals surface area contributed by atoms with Crippen molar-refractivity contribution in [2.24, 2.45) is 5.10 Å². The lowest BCUT2D eigenvalue weighted by Gasteiger charge is -2.18. The number of aromatic nitrogens is 2. The van der Waals surface area contributed by atoms with E-state index in [0.717, 1.165) is 22.4 Å². The zero-order valence-corrected chi connectivity index (χ0v) is 23.0. The van der Waals surface area contributed by atoms with E-state index in [0.29, 0.717) is 28.9 Å². The molecule has 0 fully saturated rings. The molecule has 0 radical (unpaired) electrons. The normalized spacial score (nSPS) is 11.6. The number of nitro groups is 1. The minimum atomic E-state index is -0.499. The SMILES string of the molecule is CCOc1cc(C)c(-c2nc3ccccc3c(=O)n2N=Cc2cccc([N+](=O)[O-])c2OC(C)C)cc1C(C)C. The van der Waals surface area contributed by atoms with Gasteiger partial charge in [0.2, 0.25) is 5.75 Å². The number of hydrogen-bond donors (Lipinski definition) is 0. The number of rotatable bonds is 9. The maximum atomic E-state index is 13.7. The van der Waals surface area contributed by atoms with Gasteiger partial charge in [-0.1, -0.05) is 32.0 Å². The van der Waals surface area contributed by atoms with E-state index in [2.05, 4.69) is 18.9 Å². The van der Waals surface area contributed by atoms with E-state index in [-0.39, 0.29) is 29.0 Å². The van der Waals surface area contributed by atoms with E-state index in [4.69, 9.17) is 14.5 Å². The monoisotopic (exact) mass is 528 g/mol. The molecule has 0 saturated heterocycles. The molecule has 0 bridgehead atoms. The summed E-state index contributed by atoms with van der Waals surface area (Å²) < 4.78 is 12.9. The number of fused-ring (bicyclic) bond motifs is 1. The highest BCUT2D eigenvalue weighted by molar-refractivity contribution is 5.86. The molecule has 0 atom stereocenters. The predicted octanol–water partition coefficient (Wildman–Crippen LogP) is 6.47. The van der Waals surface area contributed by atoms with Crippen LogP contribution in [-0.4, -0.2) is 33.5 Å². The second-order valence-electron chi connectivity index (χ2n) is 9.73. The Labute approximate surface area is 226 Å². The second-order valence-corrected chi connectivity index (χ2v) is 9.73. The Morgan fingerprint density at radius 1 is 1.10 bits per heavy atom. The van der Waals surface area contributed by atoms with Crippen LogP contribution in [0.2, 0.25) is 0 Å². The largest absolute Gasteiger partial charge is 0.494 e. The van der Waals surface area contributed by atoms with E-state index < -0.39 is 4.92 Å². The lowest BCUT2D eigenvalue weighted by molar-refractivity contribution is -0.386. The molecule has 9 heteroatoms. The summed E-state index contributed by atoms with van der Waals surface area (Å²) in [6, 6.07) is 15.6. The molecule has 202 valence electrons. The number of hydrogen-bond acceptors (Lipinski definition) is 7. The Bertz CT molecular complexity index is 1620. The molecule has 0 N–H and O–H groups in total. The molecule has 4 rings (SSSR count). The lowest BCUT2D eigenvalue weighted by atomic mass is 9.96. The van der Waals surface area contributed by atoms with Crippen molar-refractivity contribution in [1.82, 2.24) is 9.66 Å². The zero-order valence-electron chi connectivity index (χ0n) is 23.0. The Morgan fingerprint density at radius 3 is 2.51 bits per heavy atom. The van der Waals surface area contributed by atoms with E-state index in [1.165, 1.54) is 17.0 Å². The van der Waals surface area contributed by atoms with Gasteiger partial charge in [0.15, 0.2) is 5.82 Å². The van der Waals surface area contributed by atoms with Crippen LogP contribution < -0.4 is 15.0 Å². The van der Waals surface area contributed by atoms with Crippen LogP contribution in [0.1, 0.15) is 57.2 Å². The van der Waals surface area contributed by atoms with Crippen LogP contribution >= 0.6 is 0 Å². The van der Waals surface area contributed by atoms with Gasteiger partial charge in [0, 0.05) is 17.2 Å². The first-order valence-electron chi connectivity index (χ1n) is 12.9. The average molecular weight is 529 g/mol. The van der Waals surface area contributed by atoms with Crippen molar-refractivity contribution in [3.05, 3.63) is 91.8 Å². The maximum absolute atomic E-state index is 13.7. The third kappa shape index (κ3) is 5.67. The van der Waals surface area contributed by atoms with Gasteiger partial charge in [-0.15, -0.1) is 0 Å². The van der Waals surface area contributed by atoms with Crippen LogP contribution in [0, 0.1) is 17.0 Å². The van der Waals surface area contributed by atoms with Crippen molar-refractivity contribution in [3.8, 4) is 22.9 Å². The molecule has 0 amide bonds. The Kier molecular flexibility index (Phi) is 8.09. The fraction of sp³-hybridized carbons (Fsp3) is 0.300. The van der Waals surface area contributed by atoms with Gasteiger partial charge < -0.3 is 9.47 Å². The van der Waals surface area contributed by atoms with Crippen molar-refractivity contribution >= 4 is 22.8 Å². The molecule has 0 spiro atoms. The summed E-state index contributed by atoms with van der Waals surface area (Å²) in [5.41, 5.74) is 2.97. The highest BCUT2D eigenvalue weighted by Gasteiger charge is 2.21. The van der Waals surface area contributed by atoms with Gasteiger partial charge in [0.25, 0.3) is 5.56 Å². The standard InChI is InChI=1S/C30H32N4O5/c1-7-38-27-15-20(6)24(16-23(27)18(2)3)29-32-25-13-9-8-12-22(25)30(35)33(29)31-17-21-11-10-14-26(34(36)37)28(21)39-19(4)5/h8-19H,7H2,1-6H3. The summed E-state index contributed by atoms with van der Waals surface area (Å²) in [4.78, 5) is 29.7. The van der Waals surface area contributed by atoms with Gasteiger partial charge in [-0.2, -0.15) is 9.78 Å². The number of nitrogens with zero attached hydrogens (tertiary/aromatic N) is 4. The van der Waals surface area contributed by atoms with E-state index in [1.807, 2.05) is 32.0 Å². The minimum absolute atomic E-state index is 0.0870. The molecular formula is C30H32N4O5. The number of para-hydroxylation sites is 2. The highest BCUT2D eigenvalue weighted by Crippen LogP contribution is 2.35. The van der Waals surface area contributed by atoms with Gasteiger partial charge in [0.05, 0.1) is 34.8 Å². The van der Waals surface area contributed by atoms with Gasteiger partial charge in [-0.25, -0.2) is 4.98 Å². The molecule has 0 aliphatic rings. The molecule has 3 aromatic carbocycles. The summed E-state index contributed by atoms with van der Waals surface area (Å²) in [5, 5.41) is 16.6. The predicted molar refractivity (Wildman–Crippen MR) is 153 cm³/mol. The van der Waals surface area contributed by atoms with Crippen molar-refractivity contribution in [2.45, 2.75) is 53.6 Å². The fourth-order valence-corrected chi connectivity index (χ4v) is 4.35. The summed E-state index contributed by atoms with van der Waals surface area (Å²) in [7, 11) is 0. The third-order valence-corrected chi connectivity index (χ3v) is 6.16. The van der Waals surface area contributed by atoms with Crippen LogP contribution in [0.15, 0.2) is 64.5 Å². The molecular weight excluding hydrogens is 496 g/mol. The Hall–Kier alpha value is -4.53. The minimum Gasteiger partial charge on any atom is -0.494 e. The maximum Gasteiger partial charge on any atom is 0.311 e. The zero-order chi connectivity index (χ0) is 28.3. The van der Waals surface area contributed by atoms with Gasteiger partial charge >= 0.3 is 5.69 Å². The number of ether oxygens (including phenoxy) is 2. The molecule has 0 aliphatic heterocycles. The van der Waals surface area contributed by atoms with Crippen LogP contribution in [-0.2, 0) is 0 Å². The molecule has 1 aromatic heterocycles. The summed E-state index contributed by atoms with van der Waals surface area (Å²) in [6.45, 7) is 12.1. The topological polar surface area (TPSA) is 109 Å². The third-order valence-electron chi connectivity index (χ3n) is 6.16. The van der Waals surface area contributed by atoms with Crippen molar-refractivity contribution in [2.75, 3.05) is 6.61 Å². The van der Waals surface area contributed by atoms with E-state index in [9.17, 15) is 14.9 Å². The van der Waals surface area contributed by atoms with Gasteiger partial charge in [0.1, 0.15) is 5.75 Å². The average Bonchev–Trinajstić information content (AvgIpc) is 2.88. The first-order chi connectivity index (χ1) is 18.6. The summed E-state index contributed by atoms with van der Waals surface area (Å²) in [6.07, 6.45) is 1.10. The van der Waals surface area contributed by atoms with E-state index in [1.54, 1.807) is 44.2 Å². The highest BCUT2D eigenvalue weighted by atomic mass is 16.6. The number of aryl methyl sites for hydroxylation is 1. The van der Waals surface area contributed by atoms with Crippen molar-refractivity contribution < 1.29 is 14.4 Å². The lowest BCUT2D eigenvalue weighted by Crippen LogP contribution is -2.21. The number of benzene rings is 3. The van der Waals surface area contributed by atoms with Gasteiger partial charge in [-0.05, 0) is 75.1 Å². The Morgan fingerprint density at radius 2 is 1.85 bits per heavy atom. The number of nitro benzene ring substituents is 1. The molecule has 9 nitrogen and oxygen atoms in total. The molecule has 0 saturated carbocycles. The molecule has 4 aromatic rings. The summed E-state index contributed by atoms with van der Waals surface area (Å²) >= 11 is 0. The fourth-order valence-electron chi connectivity index (χ4n) is 4.35. The van der Waals surface area contributed by atoms with Crippen LogP contribution in [0.4, 0.5) is 5.69 Å². The first-order valence-corrected chi connectivity index (χ1v) is 12.9. The Balaban J connectivity index is 1.98. The quantitative estimate of drug-likeness (QED) is 0.140. The molecule has 0 aliphatic carbocycles. The second kappa shape index (κ2) is 11.5. The summed E-state index contributed by atoms with van der Waals surface area (Å²) in [5.74, 6) is 1.40. The van der Waals surface area contributed by atoms with E-state index >= 15 is 0 Å². The van der Waals surface area contributed by atoms with Crippen molar-refractivity contribution in [3.63, 3.8) is 0 Å². The van der Waals surface area contributed by atoms with Gasteiger partial charge in [-0.3, -0.25) is 14.9 Å². The van der Waals surface area contributed by atoms with Crippen LogP contribution in [0.5, 0.6) is 11.5 Å². The molecule has 39 heavy (non-hydrogen) atoms.